The average molecular weight is 364 g/mol. The van der Waals surface area contributed by atoms with Crippen molar-refractivity contribution < 1.29 is 18.8 Å². The van der Waals surface area contributed by atoms with Crippen molar-refractivity contribution in [2.45, 2.75) is 39.7 Å². The van der Waals surface area contributed by atoms with E-state index in [-0.39, 0.29) is 24.4 Å². The average Bonchev–Trinajstić information content (AvgIpc) is 3.01. The summed E-state index contributed by atoms with van der Waals surface area (Å²) in [6.45, 7) is 7.87. The summed E-state index contributed by atoms with van der Waals surface area (Å²) < 4.78 is 5.20. The monoisotopic (exact) mass is 364 g/mol. The van der Waals surface area contributed by atoms with Crippen LogP contribution < -0.4 is 16.0 Å². The van der Waals surface area contributed by atoms with Crippen molar-refractivity contribution in [1.29, 1.82) is 0 Å². The van der Waals surface area contributed by atoms with Crippen LogP contribution in [0.25, 0.3) is 0 Å². The maximum atomic E-state index is 12.2. The molecule has 2 rings (SSSR count). The number of amides is 4. The molecule has 0 bridgehead atoms. The number of furan rings is 1. The van der Waals surface area contributed by atoms with Crippen molar-refractivity contribution in [1.82, 2.24) is 20.9 Å². The Hall–Kier alpha value is -2.35. The first-order valence-electron chi connectivity index (χ1n) is 9.00. The Morgan fingerprint density at radius 3 is 2.54 bits per heavy atom. The maximum absolute atomic E-state index is 12.2. The highest BCUT2D eigenvalue weighted by Crippen LogP contribution is 2.13. The Balaban J connectivity index is 1.68. The van der Waals surface area contributed by atoms with Crippen LogP contribution in [0.4, 0.5) is 4.79 Å². The van der Waals surface area contributed by atoms with Crippen molar-refractivity contribution in [3.63, 3.8) is 0 Å². The fourth-order valence-electron chi connectivity index (χ4n) is 2.80. The molecule has 0 atom stereocenters. The molecule has 8 heteroatoms. The summed E-state index contributed by atoms with van der Waals surface area (Å²) in [6, 6.07) is 1.35. The van der Waals surface area contributed by atoms with Gasteiger partial charge < -0.3 is 15.1 Å². The lowest BCUT2D eigenvalue weighted by Gasteiger charge is -2.31. The van der Waals surface area contributed by atoms with Crippen LogP contribution in [-0.2, 0) is 4.79 Å². The van der Waals surface area contributed by atoms with Crippen molar-refractivity contribution >= 4 is 17.8 Å². The molecule has 4 amide bonds. The van der Waals surface area contributed by atoms with Crippen molar-refractivity contribution in [2.75, 3.05) is 26.2 Å². The fourth-order valence-corrected chi connectivity index (χ4v) is 2.80. The second-order valence-corrected chi connectivity index (χ2v) is 7.11. The highest BCUT2D eigenvalue weighted by molar-refractivity contribution is 5.95. The molecule has 1 aliphatic rings. The number of imide groups is 1. The number of urea groups is 1. The lowest BCUT2D eigenvalue weighted by atomic mass is 10.0. The van der Waals surface area contributed by atoms with Gasteiger partial charge in [-0.25, -0.2) is 4.79 Å². The quantitative estimate of drug-likeness (QED) is 0.705. The number of carbonyl (C=O) groups excluding carboxylic acids is 3. The number of aryl methyl sites for hydroxylation is 1. The molecule has 3 N–H and O–H groups in total. The van der Waals surface area contributed by atoms with E-state index in [9.17, 15) is 14.4 Å². The van der Waals surface area contributed by atoms with E-state index in [0.717, 1.165) is 18.4 Å². The largest absolute Gasteiger partial charge is 0.459 e. The summed E-state index contributed by atoms with van der Waals surface area (Å²) in [5.74, 6) is 0.153. The summed E-state index contributed by atoms with van der Waals surface area (Å²) in [7, 11) is 0. The van der Waals surface area contributed by atoms with Gasteiger partial charge in [0.05, 0.1) is 12.8 Å². The Kier molecular flexibility index (Phi) is 7.20. The first-order chi connectivity index (χ1) is 12.3. The topological polar surface area (TPSA) is 104 Å². The van der Waals surface area contributed by atoms with Gasteiger partial charge in [-0.1, -0.05) is 13.8 Å². The molecule has 0 spiro atoms. The van der Waals surface area contributed by atoms with Gasteiger partial charge in [0.2, 0.25) is 5.91 Å². The van der Waals surface area contributed by atoms with E-state index >= 15 is 0 Å². The Bertz CT molecular complexity index is 633. The van der Waals surface area contributed by atoms with E-state index in [0.29, 0.717) is 31.3 Å². The summed E-state index contributed by atoms with van der Waals surface area (Å²) in [4.78, 5) is 37.7. The second kappa shape index (κ2) is 9.38. The van der Waals surface area contributed by atoms with E-state index in [1.54, 1.807) is 6.07 Å². The van der Waals surface area contributed by atoms with E-state index in [1.165, 1.54) is 6.26 Å². The Labute approximate surface area is 153 Å². The minimum atomic E-state index is -0.459. The first-order valence-corrected chi connectivity index (χ1v) is 9.00. The maximum Gasteiger partial charge on any atom is 0.321 e. The van der Waals surface area contributed by atoms with Gasteiger partial charge in [0, 0.05) is 31.2 Å². The normalized spacial score (nSPS) is 15.7. The van der Waals surface area contributed by atoms with Crippen molar-refractivity contribution in [3.05, 3.63) is 23.7 Å². The number of piperidine rings is 1. The van der Waals surface area contributed by atoms with Gasteiger partial charge in [-0.3, -0.25) is 19.8 Å². The molecule has 1 aliphatic heterocycles. The predicted molar refractivity (Wildman–Crippen MR) is 96.8 cm³/mol. The lowest BCUT2D eigenvalue weighted by Crippen LogP contribution is -2.49. The number of likely N-dealkylation sites (tertiary alicyclic amines) is 1. The van der Waals surface area contributed by atoms with Crippen LogP contribution >= 0.6 is 0 Å². The van der Waals surface area contributed by atoms with Gasteiger partial charge in [-0.15, -0.1) is 0 Å². The number of hydrogen-bond donors (Lipinski definition) is 3. The molecule has 0 aromatic carbocycles. The number of hydrogen-bond acceptors (Lipinski definition) is 5. The molecule has 0 unspecified atom stereocenters. The van der Waals surface area contributed by atoms with Gasteiger partial charge >= 0.3 is 6.03 Å². The second-order valence-electron chi connectivity index (χ2n) is 7.11. The van der Waals surface area contributed by atoms with Crippen LogP contribution in [0, 0.1) is 12.8 Å². The number of carbonyl (C=O) groups is 3. The van der Waals surface area contributed by atoms with E-state index in [4.69, 9.17) is 4.42 Å². The molecule has 2 heterocycles. The molecule has 8 nitrogen and oxygen atoms in total. The predicted octanol–water partition coefficient (Wildman–Crippen LogP) is 1.26. The highest BCUT2D eigenvalue weighted by atomic mass is 16.3. The molecular weight excluding hydrogens is 336 g/mol. The van der Waals surface area contributed by atoms with Crippen molar-refractivity contribution in [3.8, 4) is 0 Å². The summed E-state index contributed by atoms with van der Waals surface area (Å²) in [6.07, 6.45) is 3.00. The van der Waals surface area contributed by atoms with Gasteiger partial charge in [-0.2, -0.15) is 0 Å². The van der Waals surface area contributed by atoms with Gasteiger partial charge in [0.1, 0.15) is 0 Å². The molecule has 1 aromatic rings. The fraction of sp³-hybridized carbons (Fsp3) is 0.611. The van der Waals surface area contributed by atoms with E-state index in [1.807, 2.05) is 25.7 Å². The minimum absolute atomic E-state index is 0.0562. The molecule has 144 valence electrons. The number of nitrogens with zero attached hydrogens (tertiary/aromatic N) is 1. The molecule has 0 radical (unpaired) electrons. The lowest BCUT2D eigenvalue weighted by molar-refractivity contribution is -0.121. The SMILES string of the molecule is Cc1ccoc1C(=O)NC1CCN(CC(=O)NC(=O)NCC(C)C)CC1. The molecule has 0 saturated carbocycles. The zero-order valence-electron chi connectivity index (χ0n) is 15.6. The summed E-state index contributed by atoms with van der Waals surface area (Å²) >= 11 is 0. The van der Waals surface area contributed by atoms with Crippen molar-refractivity contribution in [2.24, 2.45) is 5.92 Å². The third-order valence-corrected chi connectivity index (χ3v) is 4.28. The minimum Gasteiger partial charge on any atom is -0.459 e. The van der Waals surface area contributed by atoms with Crippen LogP contribution in [0.3, 0.4) is 0 Å². The van der Waals surface area contributed by atoms with Crippen LogP contribution in [0.1, 0.15) is 42.8 Å². The Morgan fingerprint density at radius 2 is 1.96 bits per heavy atom. The van der Waals surface area contributed by atoms with E-state index in [2.05, 4.69) is 16.0 Å². The highest BCUT2D eigenvalue weighted by Gasteiger charge is 2.24. The molecule has 0 aliphatic carbocycles. The standard InChI is InChI=1S/C18H28N4O4/c1-12(2)10-19-18(25)21-15(23)11-22-7-4-14(5-8-22)20-17(24)16-13(3)6-9-26-16/h6,9,12,14H,4-5,7-8,10-11H2,1-3H3,(H,20,24)(H2,19,21,23,25). The molecule has 26 heavy (non-hydrogen) atoms. The van der Waals surface area contributed by atoms with Gasteiger partial charge in [-0.05, 0) is 31.7 Å². The first kappa shape index (κ1) is 20.0. The zero-order valence-corrected chi connectivity index (χ0v) is 15.6. The van der Waals surface area contributed by atoms with Crippen LogP contribution in [0.5, 0.6) is 0 Å². The molecular formula is C18H28N4O4. The third-order valence-electron chi connectivity index (χ3n) is 4.28. The molecule has 1 saturated heterocycles. The third kappa shape index (κ3) is 6.18. The number of nitrogens with one attached hydrogen (secondary N) is 3. The molecule has 1 fully saturated rings. The summed E-state index contributed by atoms with van der Waals surface area (Å²) in [5, 5.41) is 7.96. The van der Waals surface area contributed by atoms with Gasteiger partial charge in [0.25, 0.3) is 5.91 Å². The number of rotatable bonds is 6. The van der Waals surface area contributed by atoms with Gasteiger partial charge in [0.15, 0.2) is 5.76 Å². The summed E-state index contributed by atoms with van der Waals surface area (Å²) in [5.41, 5.74) is 0.812. The van der Waals surface area contributed by atoms with Crippen LogP contribution in [-0.4, -0.2) is 55.0 Å². The Morgan fingerprint density at radius 1 is 1.27 bits per heavy atom. The molecule has 1 aromatic heterocycles. The van der Waals surface area contributed by atoms with E-state index < -0.39 is 6.03 Å². The van der Waals surface area contributed by atoms with Crippen LogP contribution in [0.2, 0.25) is 0 Å². The van der Waals surface area contributed by atoms with Crippen LogP contribution in [0.15, 0.2) is 16.7 Å². The zero-order chi connectivity index (χ0) is 19.1. The smallest absolute Gasteiger partial charge is 0.321 e.